The summed E-state index contributed by atoms with van der Waals surface area (Å²) in [6.07, 6.45) is 0. The molecule has 0 aliphatic carbocycles. The average Bonchev–Trinajstić information content (AvgIpc) is 2.71. The zero-order valence-corrected chi connectivity index (χ0v) is 11.5. The van der Waals surface area contributed by atoms with E-state index >= 15 is 0 Å². The van der Waals surface area contributed by atoms with Crippen LogP contribution >= 0.6 is 22.9 Å². The Morgan fingerprint density at radius 2 is 2.00 bits per heavy atom. The molecular formula is C13H15ClN2S. The number of hydrogen-bond donors (Lipinski definition) is 1. The largest absolute Gasteiger partial charge is 0.330 e. The molecule has 0 amide bonds. The fourth-order valence-corrected chi connectivity index (χ4v) is 2.95. The van der Waals surface area contributed by atoms with Gasteiger partial charge in [-0.05, 0) is 25.6 Å². The highest BCUT2D eigenvalue weighted by atomic mass is 35.5. The van der Waals surface area contributed by atoms with Gasteiger partial charge in [0.1, 0.15) is 5.01 Å². The predicted molar refractivity (Wildman–Crippen MR) is 74.8 cm³/mol. The Morgan fingerprint density at radius 3 is 2.59 bits per heavy atom. The fourth-order valence-electron chi connectivity index (χ4n) is 1.69. The van der Waals surface area contributed by atoms with E-state index < -0.39 is 0 Å². The summed E-state index contributed by atoms with van der Waals surface area (Å²) in [6.45, 7) is 4.83. The Hall–Kier alpha value is -0.900. The normalized spacial score (nSPS) is 12.7. The minimum absolute atomic E-state index is 0.369. The zero-order valence-electron chi connectivity index (χ0n) is 9.90. The van der Waals surface area contributed by atoms with Gasteiger partial charge in [0.05, 0.1) is 5.69 Å². The number of thiazole rings is 1. The van der Waals surface area contributed by atoms with E-state index in [2.05, 4.69) is 11.9 Å². The van der Waals surface area contributed by atoms with Gasteiger partial charge in [-0.3, -0.25) is 0 Å². The number of hydrogen-bond acceptors (Lipinski definition) is 3. The van der Waals surface area contributed by atoms with E-state index in [9.17, 15) is 0 Å². The number of aromatic nitrogens is 1. The van der Waals surface area contributed by atoms with E-state index in [1.807, 2.05) is 31.2 Å². The Labute approximate surface area is 110 Å². The van der Waals surface area contributed by atoms with Crippen LogP contribution < -0.4 is 5.73 Å². The van der Waals surface area contributed by atoms with Gasteiger partial charge < -0.3 is 5.73 Å². The molecule has 1 atom stereocenters. The molecular weight excluding hydrogens is 252 g/mol. The molecule has 0 spiro atoms. The molecule has 0 aliphatic rings. The number of benzene rings is 1. The van der Waals surface area contributed by atoms with Crippen molar-refractivity contribution in [2.24, 2.45) is 5.73 Å². The molecule has 2 N–H and O–H groups in total. The van der Waals surface area contributed by atoms with Crippen molar-refractivity contribution in [2.75, 3.05) is 6.54 Å². The molecule has 1 heterocycles. The van der Waals surface area contributed by atoms with Gasteiger partial charge in [-0.2, -0.15) is 0 Å². The van der Waals surface area contributed by atoms with Crippen LogP contribution in [0.4, 0.5) is 0 Å². The van der Waals surface area contributed by atoms with Gasteiger partial charge in [0.2, 0.25) is 0 Å². The van der Waals surface area contributed by atoms with Gasteiger partial charge in [-0.1, -0.05) is 30.7 Å². The van der Waals surface area contributed by atoms with Gasteiger partial charge in [-0.15, -0.1) is 11.3 Å². The van der Waals surface area contributed by atoms with E-state index in [0.717, 1.165) is 21.3 Å². The summed E-state index contributed by atoms with van der Waals surface area (Å²) in [6, 6.07) is 7.77. The van der Waals surface area contributed by atoms with Crippen molar-refractivity contribution < 1.29 is 0 Å². The first-order valence-corrected chi connectivity index (χ1v) is 6.74. The van der Waals surface area contributed by atoms with Crippen LogP contribution in [0.15, 0.2) is 24.3 Å². The molecule has 0 radical (unpaired) electrons. The predicted octanol–water partition coefficient (Wildman–Crippen LogP) is 3.83. The summed E-state index contributed by atoms with van der Waals surface area (Å²) < 4.78 is 0. The first kappa shape index (κ1) is 12.6. The van der Waals surface area contributed by atoms with E-state index in [-0.39, 0.29) is 0 Å². The zero-order chi connectivity index (χ0) is 12.4. The summed E-state index contributed by atoms with van der Waals surface area (Å²) in [7, 11) is 0. The summed E-state index contributed by atoms with van der Waals surface area (Å²) in [5, 5.41) is 1.78. The summed E-state index contributed by atoms with van der Waals surface area (Å²) in [4.78, 5) is 5.87. The van der Waals surface area contributed by atoms with Crippen molar-refractivity contribution >= 4 is 22.9 Å². The van der Waals surface area contributed by atoms with E-state index in [0.29, 0.717) is 12.5 Å². The fraction of sp³-hybridized carbons (Fsp3) is 0.308. The smallest absolute Gasteiger partial charge is 0.123 e. The SMILES string of the molecule is Cc1nc(-c2ccc(Cl)cc2)sc1C(C)CN. The van der Waals surface area contributed by atoms with Crippen molar-refractivity contribution in [2.45, 2.75) is 19.8 Å². The molecule has 17 heavy (non-hydrogen) atoms. The van der Waals surface area contributed by atoms with Crippen LogP contribution in [0, 0.1) is 6.92 Å². The van der Waals surface area contributed by atoms with Crippen LogP contribution in [0.3, 0.4) is 0 Å². The minimum atomic E-state index is 0.369. The first-order chi connectivity index (χ1) is 8.11. The van der Waals surface area contributed by atoms with Crippen molar-refractivity contribution in [3.63, 3.8) is 0 Å². The van der Waals surface area contributed by atoms with Gasteiger partial charge in [0.25, 0.3) is 0 Å². The lowest BCUT2D eigenvalue weighted by molar-refractivity contribution is 0.780. The van der Waals surface area contributed by atoms with E-state index in [1.165, 1.54) is 4.88 Å². The third kappa shape index (κ3) is 2.68. The molecule has 2 aromatic rings. The number of aryl methyl sites for hydroxylation is 1. The van der Waals surface area contributed by atoms with Gasteiger partial charge in [-0.25, -0.2) is 4.98 Å². The lowest BCUT2D eigenvalue weighted by atomic mass is 10.1. The van der Waals surface area contributed by atoms with Crippen LogP contribution in [0.5, 0.6) is 0 Å². The van der Waals surface area contributed by atoms with Crippen LogP contribution in [0.1, 0.15) is 23.4 Å². The Balaban J connectivity index is 2.37. The third-order valence-electron chi connectivity index (χ3n) is 2.72. The summed E-state index contributed by atoms with van der Waals surface area (Å²) in [5.74, 6) is 0.369. The topological polar surface area (TPSA) is 38.9 Å². The van der Waals surface area contributed by atoms with Crippen molar-refractivity contribution in [3.05, 3.63) is 39.9 Å². The number of rotatable bonds is 3. The Bertz CT molecular complexity index is 505. The molecule has 0 aliphatic heterocycles. The maximum Gasteiger partial charge on any atom is 0.123 e. The van der Waals surface area contributed by atoms with Crippen LogP contribution in [0.2, 0.25) is 5.02 Å². The van der Waals surface area contributed by atoms with Crippen LogP contribution in [0.25, 0.3) is 10.6 Å². The molecule has 0 saturated carbocycles. The van der Waals surface area contributed by atoms with E-state index in [4.69, 9.17) is 17.3 Å². The molecule has 1 unspecified atom stereocenters. The summed E-state index contributed by atoms with van der Waals surface area (Å²) >= 11 is 7.59. The highest BCUT2D eigenvalue weighted by Crippen LogP contribution is 2.32. The average molecular weight is 267 g/mol. The lowest BCUT2D eigenvalue weighted by Crippen LogP contribution is -2.08. The van der Waals surface area contributed by atoms with Crippen LogP contribution in [-0.2, 0) is 0 Å². The standard InChI is InChI=1S/C13H15ClN2S/c1-8(7-15)12-9(2)16-13(17-12)10-3-5-11(14)6-4-10/h3-6,8H,7,15H2,1-2H3. The van der Waals surface area contributed by atoms with Crippen LogP contribution in [-0.4, -0.2) is 11.5 Å². The molecule has 2 nitrogen and oxygen atoms in total. The number of nitrogens with zero attached hydrogens (tertiary/aromatic N) is 1. The summed E-state index contributed by atoms with van der Waals surface area (Å²) in [5.41, 5.74) is 7.89. The molecule has 0 saturated heterocycles. The molecule has 0 bridgehead atoms. The molecule has 1 aromatic heterocycles. The molecule has 1 aromatic carbocycles. The number of halogens is 1. The minimum Gasteiger partial charge on any atom is -0.330 e. The molecule has 0 fully saturated rings. The third-order valence-corrected chi connectivity index (χ3v) is 4.41. The quantitative estimate of drug-likeness (QED) is 0.917. The molecule has 2 rings (SSSR count). The second kappa shape index (κ2) is 5.17. The maximum atomic E-state index is 5.87. The Kier molecular flexibility index (Phi) is 3.82. The van der Waals surface area contributed by atoms with Gasteiger partial charge in [0, 0.05) is 21.4 Å². The molecule has 4 heteroatoms. The first-order valence-electron chi connectivity index (χ1n) is 5.55. The highest BCUT2D eigenvalue weighted by molar-refractivity contribution is 7.15. The lowest BCUT2D eigenvalue weighted by Gasteiger charge is -2.04. The molecule has 90 valence electrons. The van der Waals surface area contributed by atoms with E-state index in [1.54, 1.807) is 11.3 Å². The second-order valence-corrected chi connectivity index (χ2v) is 5.58. The highest BCUT2D eigenvalue weighted by Gasteiger charge is 2.13. The monoisotopic (exact) mass is 266 g/mol. The maximum absolute atomic E-state index is 5.87. The van der Waals surface area contributed by atoms with Crippen molar-refractivity contribution in [1.82, 2.24) is 4.98 Å². The second-order valence-electron chi connectivity index (χ2n) is 4.11. The van der Waals surface area contributed by atoms with Crippen molar-refractivity contribution in [1.29, 1.82) is 0 Å². The van der Waals surface area contributed by atoms with Gasteiger partial charge >= 0.3 is 0 Å². The van der Waals surface area contributed by atoms with Gasteiger partial charge in [0.15, 0.2) is 0 Å². The van der Waals surface area contributed by atoms with Crippen molar-refractivity contribution in [3.8, 4) is 10.6 Å². The Morgan fingerprint density at radius 1 is 1.35 bits per heavy atom. The number of nitrogens with two attached hydrogens (primary N) is 1.